The summed E-state index contributed by atoms with van der Waals surface area (Å²) in [5, 5.41) is 9.01. The maximum atomic E-state index is 12.2. The van der Waals surface area contributed by atoms with E-state index in [0.29, 0.717) is 5.92 Å². The summed E-state index contributed by atoms with van der Waals surface area (Å²) in [4.78, 5) is 0. The molecular weight excluding hydrogens is 274 g/mol. The van der Waals surface area contributed by atoms with E-state index in [1.165, 1.54) is 44.1 Å². The zero-order chi connectivity index (χ0) is 15.2. The monoisotopic (exact) mass is 298 g/mol. The minimum atomic E-state index is -2.89. The van der Waals surface area contributed by atoms with Crippen LogP contribution in [0.4, 0.5) is 8.78 Å². The van der Waals surface area contributed by atoms with E-state index in [0.717, 1.165) is 5.92 Å². The van der Waals surface area contributed by atoms with E-state index in [2.05, 4.69) is 6.92 Å². The number of hydrogen-bond donors (Lipinski definition) is 1. The van der Waals surface area contributed by atoms with Gasteiger partial charge in [0.05, 0.1) is 0 Å². The maximum absolute atomic E-state index is 12.2. The average Bonchev–Trinajstić information content (AvgIpc) is 2.49. The van der Waals surface area contributed by atoms with Gasteiger partial charge in [-0.3, -0.25) is 0 Å². The maximum Gasteiger partial charge on any atom is 0.299 e. The zero-order valence-corrected chi connectivity index (χ0v) is 12.5. The van der Waals surface area contributed by atoms with Crippen LogP contribution in [0.1, 0.15) is 56.9 Å². The first kappa shape index (κ1) is 16.2. The molecule has 1 aliphatic carbocycles. The summed E-state index contributed by atoms with van der Waals surface area (Å²) < 4.78 is 29.2. The van der Waals surface area contributed by atoms with Crippen molar-refractivity contribution in [3.63, 3.8) is 0 Å². The van der Waals surface area contributed by atoms with Gasteiger partial charge in [-0.05, 0) is 55.2 Å². The van der Waals surface area contributed by atoms with Gasteiger partial charge in [0.25, 0.3) is 12.7 Å². The number of hydrogen-bond acceptors (Lipinski definition) is 2. The molecule has 2 rings (SSSR count). The number of alkyl halides is 2. The Morgan fingerprint density at radius 3 is 2.29 bits per heavy atom. The number of benzene rings is 1. The topological polar surface area (TPSA) is 29.5 Å². The van der Waals surface area contributed by atoms with Gasteiger partial charge in [-0.25, -0.2) is 8.78 Å². The fourth-order valence-corrected chi connectivity index (χ4v) is 3.20. The molecule has 1 unspecified atom stereocenters. The number of rotatable bonds is 6. The lowest BCUT2D eigenvalue weighted by atomic mass is 9.77. The molecule has 0 bridgehead atoms. The van der Waals surface area contributed by atoms with Crippen molar-refractivity contribution in [1.29, 1.82) is 0 Å². The van der Waals surface area contributed by atoms with E-state index < -0.39 is 12.7 Å². The van der Waals surface area contributed by atoms with Crippen molar-refractivity contribution in [2.75, 3.05) is 0 Å². The van der Waals surface area contributed by atoms with Crippen LogP contribution in [0.25, 0.3) is 0 Å². The first-order chi connectivity index (χ1) is 10.1. The van der Waals surface area contributed by atoms with Gasteiger partial charge < -0.3 is 9.84 Å². The molecule has 0 spiro atoms. The summed E-state index contributed by atoms with van der Waals surface area (Å²) in [5.41, 5.74) is 1.24. The Kier molecular flexibility index (Phi) is 5.97. The fourth-order valence-electron chi connectivity index (χ4n) is 3.20. The Morgan fingerprint density at radius 2 is 1.76 bits per heavy atom. The molecule has 2 nitrogen and oxygen atoms in total. The molecule has 1 aromatic carbocycles. The second kappa shape index (κ2) is 7.74. The van der Waals surface area contributed by atoms with Crippen LogP contribution >= 0.6 is 0 Å². The smallest absolute Gasteiger partial charge is 0.299 e. The van der Waals surface area contributed by atoms with E-state index in [-0.39, 0.29) is 5.75 Å². The third-order valence-electron chi connectivity index (χ3n) is 4.37. The second-order valence-electron chi connectivity index (χ2n) is 5.92. The van der Waals surface area contributed by atoms with Crippen LogP contribution < -0.4 is 4.74 Å². The van der Waals surface area contributed by atoms with Crippen molar-refractivity contribution < 1.29 is 18.6 Å². The molecule has 1 atom stereocenters. The summed E-state index contributed by atoms with van der Waals surface area (Å²) in [6.07, 6.45) is 2.59. The molecule has 0 aliphatic heterocycles. The minimum Gasteiger partial charge on any atom is -0.459 e. The van der Waals surface area contributed by atoms with Crippen LogP contribution in [-0.2, 0) is 0 Å². The Balaban J connectivity index is 1.88. The Bertz CT molecular complexity index is 411. The highest BCUT2D eigenvalue weighted by Crippen LogP contribution is 2.37. The first-order valence-corrected chi connectivity index (χ1v) is 7.83. The SMILES string of the molecule is CCCC1CCC(c2ccc(OC(O)C(F)F)cc2)CC1. The van der Waals surface area contributed by atoms with Gasteiger partial charge in [-0.1, -0.05) is 31.9 Å². The molecule has 0 amide bonds. The van der Waals surface area contributed by atoms with Crippen molar-refractivity contribution in [3.05, 3.63) is 29.8 Å². The predicted octanol–water partition coefficient (Wildman–Crippen LogP) is 4.72. The highest BCUT2D eigenvalue weighted by molar-refractivity contribution is 5.29. The van der Waals surface area contributed by atoms with Crippen LogP contribution in [0.3, 0.4) is 0 Å². The molecular formula is C17H24F2O2. The lowest BCUT2D eigenvalue weighted by molar-refractivity contribution is -0.120. The Labute approximate surface area is 125 Å². The highest BCUT2D eigenvalue weighted by atomic mass is 19.3. The van der Waals surface area contributed by atoms with Crippen LogP contribution in [0.2, 0.25) is 0 Å². The van der Waals surface area contributed by atoms with Crippen molar-refractivity contribution in [3.8, 4) is 5.75 Å². The standard InChI is InChI=1S/C17H24F2O2/c1-2-3-12-4-6-13(7-5-12)14-8-10-15(11-9-14)21-17(20)16(18)19/h8-13,16-17,20H,2-7H2,1H3. The molecule has 1 fully saturated rings. The molecule has 1 saturated carbocycles. The quantitative estimate of drug-likeness (QED) is 0.770. The highest BCUT2D eigenvalue weighted by Gasteiger charge is 2.22. The van der Waals surface area contributed by atoms with E-state index >= 15 is 0 Å². The fraction of sp³-hybridized carbons (Fsp3) is 0.647. The lowest BCUT2D eigenvalue weighted by Crippen LogP contribution is -2.24. The third-order valence-corrected chi connectivity index (χ3v) is 4.37. The normalized spacial score (nSPS) is 24.0. The van der Waals surface area contributed by atoms with Gasteiger partial charge in [0.1, 0.15) is 5.75 Å². The predicted molar refractivity (Wildman–Crippen MR) is 78.7 cm³/mol. The molecule has 0 saturated heterocycles. The van der Waals surface area contributed by atoms with Crippen molar-refractivity contribution in [2.45, 2.75) is 64.1 Å². The molecule has 0 radical (unpaired) electrons. The van der Waals surface area contributed by atoms with Crippen molar-refractivity contribution in [2.24, 2.45) is 5.92 Å². The lowest BCUT2D eigenvalue weighted by Gasteiger charge is -2.28. The van der Waals surface area contributed by atoms with Crippen LogP contribution in [0, 0.1) is 5.92 Å². The molecule has 1 aliphatic rings. The average molecular weight is 298 g/mol. The number of ether oxygens (including phenoxy) is 1. The number of aliphatic hydroxyl groups is 1. The third kappa shape index (κ3) is 4.67. The van der Waals surface area contributed by atoms with Gasteiger partial charge in [-0.15, -0.1) is 0 Å². The molecule has 4 heteroatoms. The van der Waals surface area contributed by atoms with Crippen LogP contribution in [-0.4, -0.2) is 17.8 Å². The number of halogens is 2. The van der Waals surface area contributed by atoms with E-state index in [4.69, 9.17) is 9.84 Å². The summed E-state index contributed by atoms with van der Waals surface area (Å²) in [6.45, 7) is 2.23. The number of aliphatic hydroxyl groups excluding tert-OH is 1. The first-order valence-electron chi connectivity index (χ1n) is 7.83. The zero-order valence-electron chi connectivity index (χ0n) is 12.5. The van der Waals surface area contributed by atoms with Gasteiger partial charge in [0.2, 0.25) is 0 Å². The summed E-state index contributed by atoms with van der Waals surface area (Å²) >= 11 is 0. The molecule has 0 heterocycles. The van der Waals surface area contributed by atoms with E-state index in [1.807, 2.05) is 12.1 Å². The largest absolute Gasteiger partial charge is 0.459 e. The van der Waals surface area contributed by atoms with E-state index in [9.17, 15) is 8.78 Å². The molecule has 1 N–H and O–H groups in total. The summed E-state index contributed by atoms with van der Waals surface area (Å²) in [5.74, 6) is 1.72. The minimum absolute atomic E-state index is 0.284. The Morgan fingerprint density at radius 1 is 1.14 bits per heavy atom. The van der Waals surface area contributed by atoms with Gasteiger partial charge in [0, 0.05) is 0 Å². The van der Waals surface area contributed by atoms with Gasteiger partial charge >= 0.3 is 0 Å². The second-order valence-corrected chi connectivity index (χ2v) is 5.92. The van der Waals surface area contributed by atoms with Crippen molar-refractivity contribution >= 4 is 0 Å². The van der Waals surface area contributed by atoms with Crippen LogP contribution in [0.5, 0.6) is 5.75 Å². The Hall–Kier alpha value is -1.16. The summed E-state index contributed by atoms with van der Waals surface area (Å²) in [6, 6.07) is 7.19. The van der Waals surface area contributed by atoms with Crippen molar-refractivity contribution in [1.82, 2.24) is 0 Å². The van der Waals surface area contributed by atoms with Crippen LogP contribution in [0.15, 0.2) is 24.3 Å². The van der Waals surface area contributed by atoms with E-state index in [1.54, 1.807) is 12.1 Å². The van der Waals surface area contributed by atoms with Gasteiger partial charge in [-0.2, -0.15) is 0 Å². The molecule has 1 aromatic rings. The summed E-state index contributed by atoms with van der Waals surface area (Å²) in [7, 11) is 0. The van der Waals surface area contributed by atoms with Gasteiger partial charge in [0.15, 0.2) is 0 Å². The molecule has 118 valence electrons. The molecule has 0 aromatic heterocycles. The molecule has 21 heavy (non-hydrogen) atoms.